The minimum atomic E-state index is -0.147. The molecule has 2 fully saturated rings. The second-order valence-electron chi connectivity index (χ2n) is 7.52. The van der Waals surface area contributed by atoms with Crippen LogP contribution in [0.5, 0.6) is 0 Å². The molecule has 2 saturated carbocycles. The lowest BCUT2D eigenvalue weighted by Gasteiger charge is -2.58. The Morgan fingerprint density at radius 1 is 1.11 bits per heavy atom. The summed E-state index contributed by atoms with van der Waals surface area (Å²) >= 11 is 0. The fraction of sp³-hybridized carbons (Fsp3) is 1.00. The number of aliphatic hydroxyl groups excluding tert-OH is 2. The molecule has 0 unspecified atom stereocenters. The predicted octanol–water partition coefficient (Wildman–Crippen LogP) is 3.36. The maximum absolute atomic E-state index is 10.4. The molecule has 0 radical (unpaired) electrons. The summed E-state index contributed by atoms with van der Waals surface area (Å²) in [6.45, 7) is 7.49. The smallest absolute Gasteiger partial charge is 0.0573 e. The number of hydrogen-bond acceptors (Lipinski definition) is 2. The molecule has 106 valence electrons. The van der Waals surface area contributed by atoms with Gasteiger partial charge in [-0.25, -0.2) is 0 Å². The molecule has 0 bridgehead atoms. The van der Waals surface area contributed by atoms with Crippen molar-refractivity contribution < 1.29 is 10.2 Å². The Labute approximate surface area is 112 Å². The van der Waals surface area contributed by atoms with Crippen molar-refractivity contribution in [3.05, 3.63) is 0 Å². The standard InChI is InChI=1S/C16H30O2/c1-15(2)9-5-10-16(3)12(6-4-11-17)13(18)7-8-14(15)16/h12-14,17-18H,4-11H2,1-3H3/t12-,13+,14-,16+/m0/s1. The molecule has 0 aliphatic heterocycles. The molecule has 0 amide bonds. The first-order valence-electron chi connectivity index (χ1n) is 7.71. The molecule has 0 aromatic rings. The highest BCUT2D eigenvalue weighted by Crippen LogP contribution is 2.60. The van der Waals surface area contributed by atoms with Crippen LogP contribution in [-0.4, -0.2) is 22.9 Å². The van der Waals surface area contributed by atoms with Gasteiger partial charge in [-0.1, -0.05) is 27.2 Å². The summed E-state index contributed by atoms with van der Waals surface area (Å²) in [4.78, 5) is 0. The lowest BCUT2D eigenvalue weighted by atomic mass is 9.47. The molecule has 0 saturated heterocycles. The zero-order valence-corrected chi connectivity index (χ0v) is 12.3. The van der Waals surface area contributed by atoms with Crippen molar-refractivity contribution in [2.75, 3.05) is 6.61 Å². The van der Waals surface area contributed by atoms with Crippen LogP contribution in [0.4, 0.5) is 0 Å². The Morgan fingerprint density at radius 2 is 1.83 bits per heavy atom. The van der Waals surface area contributed by atoms with Gasteiger partial charge in [0.05, 0.1) is 6.10 Å². The maximum atomic E-state index is 10.4. The minimum Gasteiger partial charge on any atom is -0.396 e. The number of fused-ring (bicyclic) bond motifs is 1. The third-order valence-corrected chi connectivity index (χ3v) is 6.01. The number of rotatable bonds is 3. The Hall–Kier alpha value is -0.0800. The van der Waals surface area contributed by atoms with E-state index in [1.165, 1.54) is 25.7 Å². The average Bonchev–Trinajstić information content (AvgIpc) is 2.27. The fourth-order valence-corrected chi connectivity index (χ4v) is 5.14. The van der Waals surface area contributed by atoms with Gasteiger partial charge >= 0.3 is 0 Å². The monoisotopic (exact) mass is 254 g/mol. The summed E-state index contributed by atoms with van der Waals surface area (Å²) < 4.78 is 0. The van der Waals surface area contributed by atoms with Crippen molar-refractivity contribution in [2.45, 2.75) is 71.8 Å². The Morgan fingerprint density at radius 3 is 2.50 bits per heavy atom. The van der Waals surface area contributed by atoms with Crippen LogP contribution >= 0.6 is 0 Å². The summed E-state index contributed by atoms with van der Waals surface area (Å²) in [6.07, 6.45) is 7.70. The van der Waals surface area contributed by atoms with E-state index in [2.05, 4.69) is 20.8 Å². The normalized spacial score (nSPS) is 43.5. The van der Waals surface area contributed by atoms with Gasteiger partial charge in [-0.05, 0) is 61.2 Å². The number of hydrogen-bond donors (Lipinski definition) is 2. The third-order valence-electron chi connectivity index (χ3n) is 6.01. The van der Waals surface area contributed by atoms with Gasteiger partial charge in [0.25, 0.3) is 0 Å². The van der Waals surface area contributed by atoms with Crippen molar-refractivity contribution in [1.29, 1.82) is 0 Å². The molecule has 0 heterocycles. The minimum absolute atomic E-state index is 0.147. The van der Waals surface area contributed by atoms with E-state index in [1.54, 1.807) is 0 Å². The van der Waals surface area contributed by atoms with Gasteiger partial charge in [0.15, 0.2) is 0 Å². The van der Waals surface area contributed by atoms with E-state index in [-0.39, 0.29) is 18.1 Å². The van der Waals surface area contributed by atoms with Crippen molar-refractivity contribution in [3.63, 3.8) is 0 Å². The van der Waals surface area contributed by atoms with Gasteiger partial charge in [0.2, 0.25) is 0 Å². The largest absolute Gasteiger partial charge is 0.396 e. The molecule has 2 nitrogen and oxygen atoms in total. The lowest BCUT2D eigenvalue weighted by molar-refractivity contribution is -0.126. The van der Waals surface area contributed by atoms with Crippen LogP contribution in [0.15, 0.2) is 0 Å². The van der Waals surface area contributed by atoms with Gasteiger partial charge in [-0.2, -0.15) is 0 Å². The average molecular weight is 254 g/mol. The third kappa shape index (κ3) is 2.34. The zero-order valence-electron chi connectivity index (χ0n) is 12.3. The molecule has 2 N–H and O–H groups in total. The van der Waals surface area contributed by atoms with Crippen LogP contribution in [0, 0.1) is 22.7 Å². The first-order chi connectivity index (χ1) is 8.42. The summed E-state index contributed by atoms with van der Waals surface area (Å²) in [7, 11) is 0. The summed E-state index contributed by atoms with van der Waals surface area (Å²) in [5.74, 6) is 1.13. The maximum Gasteiger partial charge on any atom is 0.0573 e. The summed E-state index contributed by atoms with van der Waals surface area (Å²) in [5.41, 5.74) is 0.708. The van der Waals surface area contributed by atoms with Crippen LogP contribution in [-0.2, 0) is 0 Å². The summed E-state index contributed by atoms with van der Waals surface area (Å²) in [6, 6.07) is 0. The molecule has 2 aliphatic carbocycles. The fourth-order valence-electron chi connectivity index (χ4n) is 5.14. The van der Waals surface area contributed by atoms with Gasteiger partial charge in [0, 0.05) is 6.61 Å². The Balaban J connectivity index is 2.22. The van der Waals surface area contributed by atoms with Crippen molar-refractivity contribution in [1.82, 2.24) is 0 Å². The zero-order chi connectivity index (χ0) is 13.4. The molecule has 0 spiro atoms. The quantitative estimate of drug-likeness (QED) is 0.810. The molecule has 0 aromatic carbocycles. The first-order valence-corrected chi connectivity index (χ1v) is 7.71. The van der Waals surface area contributed by atoms with E-state index >= 15 is 0 Å². The molecular weight excluding hydrogens is 224 g/mol. The van der Waals surface area contributed by atoms with Gasteiger partial charge in [-0.3, -0.25) is 0 Å². The highest BCUT2D eigenvalue weighted by atomic mass is 16.3. The van der Waals surface area contributed by atoms with Gasteiger partial charge in [-0.15, -0.1) is 0 Å². The molecule has 2 aliphatic rings. The second-order valence-corrected chi connectivity index (χ2v) is 7.52. The van der Waals surface area contributed by atoms with Crippen LogP contribution in [0.3, 0.4) is 0 Å². The highest BCUT2D eigenvalue weighted by Gasteiger charge is 2.53. The topological polar surface area (TPSA) is 40.5 Å². The molecule has 0 aromatic heterocycles. The molecule has 18 heavy (non-hydrogen) atoms. The highest BCUT2D eigenvalue weighted by molar-refractivity contribution is 5.03. The van der Waals surface area contributed by atoms with E-state index < -0.39 is 0 Å². The van der Waals surface area contributed by atoms with Crippen molar-refractivity contribution in [2.24, 2.45) is 22.7 Å². The van der Waals surface area contributed by atoms with Gasteiger partial charge in [0.1, 0.15) is 0 Å². The lowest BCUT2D eigenvalue weighted by Crippen LogP contribution is -2.53. The number of aliphatic hydroxyl groups is 2. The van der Waals surface area contributed by atoms with Crippen molar-refractivity contribution in [3.8, 4) is 0 Å². The van der Waals surface area contributed by atoms with Crippen LogP contribution in [0.25, 0.3) is 0 Å². The van der Waals surface area contributed by atoms with Crippen molar-refractivity contribution >= 4 is 0 Å². The van der Waals surface area contributed by atoms with Gasteiger partial charge < -0.3 is 10.2 Å². The molecule has 2 heteroatoms. The SMILES string of the molecule is CC1(C)CCC[C@]2(C)[C@@H](CCCO)[C@H](O)CC[C@@H]12. The predicted molar refractivity (Wildman–Crippen MR) is 74.3 cm³/mol. The second kappa shape index (κ2) is 5.13. The first kappa shape index (κ1) is 14.3. The molecule has 2 rings (SSSR count). The Kier molecular flexibility index (Phi) is 4.08. The van der Waals surface area contributed by atoms with Crippen LogP contribution < -0.4 is 0 Å². The van der Waals surface area contributed by atoms with Crippen LogP contribution in [0.2, 0.25) is 0 Å². The Bertz CT molecular complexity index is 287. The van der Waals surface area contributed by atoms with Crippen LogP contribution in [0.1, 0.15) is 65.7 Å². The van der Waals surface area contributed by atoms with E-state index in [0.29, 0.717) is 11.3 Å². The van der Waals surface area contributed by atoms with E-state index in [0.717, 1.165) is 25.2 Å². The van der Waals surface area contributed by atoms with E-state index in [4.69, 9.17) is 5.11 Å². The van der Waals surface area contributed by atoms with E-state index in [1.807, 2.05) is 0 Å². The summed E-state index contributed by atoms with van der Waals surface area (Å²) in [5, 5.41) is 19.5. The molecule has 4 atom stereocenters. The van der Waals surface area contributed by atoms with E-state index in [9.17, 15) is 5.11 Å². The molecular formula is C16H30O2.